The number of para-hydroxylation sites is 2. The minimum atomic E-state index is -2.35. The van der Waals surface area contributed by atoms with Gasteiger partial charge in [0.1, 0.15) is 0 Å². The van der Waals surface area contributed by atoms with E-state index >= 15 is 0 Å². The van der Waals surface area contributed by atoms with Crippen molar-refractivity contribution >= 4 is 21.8 Å². The molecule has 3 heterocycles. The van der Waals surface area contributed by atoms with Crippen LogP contribution >= 0.6 is 0 Å². The second-order valence-corrected chi connectivity index (χ2v) is 14.7. The largest absolute Gasteiger partial charge is 0.309 e. The van der Waals surface area contributed by atoms with Crippen molar-refractivity contribution < 1.29 is 31.1 Å². The Kier molecular flexibility index (Phi) is 9.05. The van der Waals surface area contributed by atoms with Crippen molar-refractivity contribution in [2.24, 2.45) is 5.41 Å². The van der Waals surface area contributed by atoms with Crippen molar-refractivity contribution in [1.82, 2.24) is 14.5 Å². The molecule has 0 saturated heterocycles. The summed E-state index contributed by atoms with van der Waals surface area (Å²) in [5.41, 5.74) is 10.1. The molecule has 0 spiro atoms. The average Bonchev–Trinajstić information content (AvgIpc) is 3.62. The molecule has 0 aliphatic heterocycles. The summed E-state index contributed by atoms with van der Waals surface area (Å²) in [4.78, 5) is 8.77. The Morgan fingerprint density at radius 3 is 2.14 bits per heavy atom. The third kappa shape index (κ3) is 8.89. The zero-order chi connectivity index (χ0) is 45.4. The molecule has 0 atom stereocenters. The van der Waals surface area contributed by atoms with E-state index in [9.17, 15) is 0 Å². The Labute approximate surface area is 361 Å². The van der Waals surface area contributed by atoms with E-state index in [0.717, 1.165) is 55.4 Å². The summed E-state index contributed by atoms with van der Waals surface area (Å²) >= 11 is 0. The number of aryl methyl sites for hydroxylation is 2. The predicted molar refractivity (Wildman–Crippen MR) is 235 cm³/mol. The number of fused-ring (bicyclic) bond motifs is 3. The molecule has 283 valence electrons. The van der Waals surface area contributed by atoms with Crippen LogP contribution in [-0.2, 0) is 26.5 Å². The van der Waals surface area contributed by atoms with Crippen molar-refractivity contribution in [2.75, 3.05) is 0 Å². The molecule has 3 aromatic heterocycles. The third-order valence-corrected chi connectivity index (χ3v) is 9.47. The Balaban J connectivity index is 0.000000210. The van der Waals surface area contributed by atoms with Gasteiger partial charge in [-0.25, -0.2) is 0 Å². The van der Waals surface area contributed by atoms with Crippen LogP contribution in [-0.4, -0.2) is 14.5 Å². The number of benzene rings is 6. The van der Waals surface area contributed by atoms with Crippen molar-refractivity contribution in [1.29, 1.82) is 0 Å². The molecule has 0 aliphatic rings. The first kappa shape index (κ1) is 30.2. The molecule has 3 nitrogen and oxygen atoms in total. The Hall–Kier alpha value is -5.93. The molecule has 9 aromatic rings. The van der Waals surface area contributed by atoms with Gasteiger partial charge < -0.3 is 14.5 Å². The van der Waals surface area contributed by atoms with Gasteiger partial charge in [-0.15, -0.1) is 65.2 Å². The fourth-order valence-electron chi connectivity index (χ4n) is 6.92. The van der Waals surface area contributed by atoms with E-state index in [2.05, 4.69) is 50.9 Å². The Morgan fingerprint density at radius 1 is 0.632 bits per heavy atom. The standard InChI is InChI=1S/C31H23N2.C22H22N.Ir/c1-21-12-16-29(32-20-21)24-14-13-22(2)27(19-24)23-15-17-31-28(18-23)26-10-6-7-11-30(26)33(31)25-8-4-3-5-9-25;1-22(2,3)16-17-9-11-18(12-10-17)20-13-14-23-21(15-20)19-7-5-4-6-8-19;/h3-13,15-20H,1-2H3;4-7,9-15H,16H2,1-3H3;/q2*-1;/i1D3,2D3;16D2;. The fourth-order valence-corrected chi connectivity index (χ4v) is 6.92. The predicted octanol–water partition coefficient (Wildman–Crippen LogP) is 13.7. The second-order valence-electron chi connectivity index (χ2n) is 14.7. The Morgan fingerprint density at radius 2 is 1.40 bits per heavy atom. The van der Waals surface area contributed by atoms with Crippen LogP contribution in [0.1, 0.15) is 48.4 Å². The SMILES string of the molecule is [2H]C([2H])([2H])c1ccc(-c2[c-]cc(C([2H])([2H])[2H])c(-c3ccc4c(c3)c3ccccc3n4-c3ccccc3)c2)nc1.[2H]C([2H])(c1ccc(-c2ccnc(-c3[c-]cccc3)c2)cc1)C(C)(C)C.[Ir]. The van der Waals surface area contributed by atoms with Crippen molar-refractivity contribution in [3.63, 3.8) is 0 Å². The minimum absolute atomic E-state index is 0. The van der Waals surface area contributed by atoms with Gasteiger partial charge in [-0.05, 0) is 94.2 Å². The van der Waals surface area contributed by atoms with Crippen LogP contribution in [0.4, 0.5) is 0 Å². The van der Waals surface area contributed by atoms with Gasteiger partial charge in [0.2, 0.25) is 0 Å². The first-order valence-corrected chi connectivity index (χ1v) is 18.6. The molecule has 0 unspecified atom stereocenters. The van der Waals surface area contributed by atoms with E-state index in [4.69, 9.17) is 11.0 Å². The molecule has 1 radical (unpaired) electrons. The van der Waals surface area contributed by atoms with Gasteiger partial charge in [-0.2, -0.15) is 0 Å². The van der Waals surface area contributed by atoms with Crippen LogP contribution in [0.3, 0.4) is 0 Å². The first-order chi connectivity index (χ1) is 30.4. The van der Waals surface area contributed by atoms with Crippen LogP contribution < -0.4 is 0 Å². The summed E-state index contributed by atoms with van der Waals surface area (Å²) in [6.07, 6.45) is 1.75. The number of hydrogen-bond donors (Lipinski definition) is 0. The molecule has 6 aromatic carbocycles. The number of aromatic nitrogens is 3. The molecule has 0 N–H and O–H groups in total. The normalized spacial score (nSPS) is 13.9. The van der Waals surface area contributed by atoms with Gasteiger partial charge in [0.15, 0.2) is 0 Å². The number of rotatable bonds is 6. The van der Waals surface area contributed by atoms with Gasteiger partial charge in [0.25, 0.3) is 0 Å². The van der Waals surface area contributed by atoms with E-state index in [1.165, 1.54) is 18.3 Å². The maximum atomic E-state index is 8.39. The van der Waals surface area contributed by atoms with Crippen molar-refractivity contribution in [3.8, 4) is 50.5 Å². The molecular formula is C53H45IrN3-2. The summed E-state index contributed by atoms with van der Waals surface area (Å²) in [6.45, 7) is 1.17. The Bertz CT molecular complexity index is 3060. The molecule has 57 heavy (non-hydrogen) atoms. The first-order valence-electron chi connectivity index (χ1n) is 22.6. The quantitative estimate of drug-likeness (QED) is 0.156. The smallest absolute Gasteiger partial charge is 0.0541 e. The summed E-state index contributed by atoms with van der Waals surface area (Å²) in [6, 6.07) is 56.5. The number of hydrogen-bond acceptors (Lipinski definition) is 2. The molecule has 0 saturated carbocycles. The van der Waals surface area contributed by atoms with Crippen molar-refractivity contribution in [3.05, 3.63) is 199 Å². The van der Waals surface area contributed by atoms with E-state index < -0.39 is 25.5 Å². The molecule has 0 aliphatic carbocycles. The van der Waals surface area contributed by atoms with Gasteiger partial charge >= 0.3 is 0 Å². The molecular weight excluding hydrogens is 871 g/mol. The number of nitrogens with zero attached hydrogens (tertiary/aromatic N) is 3. The monoisotopic (exact) mass is 924 g/mol. The zero-order valence-corrected chi connectivity index (χ0v) is 34.2. The molecule has 0 amide bonds. The maximum Gasteiger partial charge on any atom is 0.0541 e. The van der Waals surface area contributed by atoms with E-state index in [1.54, 1.807) is 18.3 Å². The van der Waals surface area contributed by atoms with Gasteiger partial charge in [0.05, 0.1) is 11.0 Å². The molecule has 9 rings (SSSR count). The van der Waals surface area contributed by atoms with Gasteiger partial charge in [-0.3, -0.25) is 0 Å². The summed E-state index contributed by atoms with van der Waals surface area (Å²) < 4.78 is 66.3. The van der Waals surface area contributed by atoms with Crippen LogP contribution in [0.2, 0.25) is 0 Å². The van der Waals surface area contributed by atoms with Crippen LogP contribution in [0.15, 0.2) is 170 Å². The van der Waals surface area contributed by atoms with Crippen LogP contribution in [0.25, 0.3) is 72.3 Å². The maximum absolute atomic E-state index is 8.39. The van der Waals surface area contributed by atoms with E-state index in [-0.39, 0.29) is 31.2 Å². The summed E-state index contributed by atoms with van der Waals surface area (Å²) in [7, 11) is 0. The van der Waals surface area contributed by atoms with Crippen molar-refractivity contribution in [2.45, 2.75) is 40.8 Å². The minimum Gasteiger partial charge on any atom is -0.309 e. The second kappa shape index (κ2) is 17.1. The van der Waals surface area contributed by atoms with E-state index in [0.29, 0.717) is 22.4 Å². The zero-order valence-electron chi connectivity index (χ0n) is 39.8. The topological polar surface area (TPSA) is 30.7 Å². The molecule has 0 fully saturated rings. The summed E-state index contributed by atoms with van der Waals surface area (Å²) in [5, 5.41) is 2.08. The third-order valence-electron chi connectivity index (χ3n) is 9.47. The van der Waals surface area contributed by atoms with Crippen LogP contribution in [0.5, 0.6) is 0 Å². The van der Waals surface area contributed by atoms with E-state index in [1.807, 2.05) is 130 Å². The summed E-state index contributed by atoms with van der Waals surface area (Å²) in [5.74, 6) is 0. The fraction of sp³-hybridized carbons (Fsp3) is 0.132. The van der Waals surface area contributed by atoms with Crippen LogP contribution in [0, 0.1) is 31.3 Å². The average molecular weight is 924 g/mol. The number of pyridine rings is 2. The molecule has 4 heteroatoms. The molecule has 0 bridgehead atoms. The van der Waals surface area contributed by atoms with Gasteiger partial charge in [0, 0.05) is 59.9 Å². The van der Waals surface area contributed by atoms with Gasteiger partial charge in [-0.1, -0.05) is 118 Å².